The molecule has 5 heteroatoms. The van der Waals surface area contributed by atoms with Gasteiger partial charge in [0.05, 0.1) is 11.6 Å². The van der Waals surface area contributed by atoms with Gasteiger partial charge in [0.2, 0.25) is 0 Å². The first-order valence-corrected chi connectivity index (χ1v) is 7.59. The Kier molecular flexibility index (Phi) is 5.12. The fraction of sp³-hybridized carbons (Fsp3) is 0.588. The van der Waals surface area contributed by atoms with Crippen molar-refractivity contribution < 1.29 is 13.2 Å². The Hall–Kier alpha value is -1.54. The molecule has 120 valence electrons. The maximum Gasteiger partial charge on any atom is 0.416 e. The van der Waals surface area contributed by atoms with Gasteiger partial charge < -0.3 is 5.32 Å². The number of nitriles is 1. The molecular formula is C17H21F3N2. The maximum absolute atomic E-state index is 12.9. The van der Waals surface area contributed by atoms with Crippen LogP contribution in [-0.2, 0) is 12.7 Å². The van der Waals surface area contributed by atoms with Crippen LogP contribution in [0.15, 0.2) is 24.3 Å². The van der Waals surface area contributed by atoms with Crippen molar-refractivity contribution in [2.24, 2.45) is 5.41 Å². The molecule has 0 heterocycles. The summed E-state index contributed by atoms with van der Waals surface area (Å²) in [6.07, 6.45) is -0.0517. The van der Waals surface area contributed by atoms with Gasteiger partial charge in [-0.25, -0.2) is 0 Å². The molecule has 1 saturated carbocycles. The third-order valence-electron chi connectivity index (χ3n) is 4.60. The van der Waals surface area contributed by atoms with Gasteiger partial charge in [-0.1, -0.05) is 25.1 Å². The van der Waals surface area contributed by atoms with Crippen molar-refractivity contribution in [1.82, 2.24) is 5.32 Å². The van der Waals surface area contributed by atoms with E-state index < -0.39 is 11.7 Å². The Bertz CT molecular complexity index is 538. The summed E-state index contributed by atoms with van der Waals surface area (Å²) in [4.78, 5) is 0. The van der Waals surface area contributed by atoms with Crippen LogP contribution in [0, 0.1) is 16.7 Å². The van der Waals surface area contributed by atoms with Crippen LogP contribution < -0.4 is 5.32 Å². The Labute approximate surface area is 129 Å². The average molecular weight is 310 g/mol. The quantitative estimate of drug-likeness (QED) is 0.878. The molecule has 1 aliphatic carbocycles. The SMILES string of the molecule is CC1(CC#N)CCC(NCc2ccccc2C(F)(F)F)CC1. The monoisotopic (exact) mass is 310 g/mol. The molecule has 1 aliphatic rings. The molecule has 0 bridgehead atoms. The molecule has 0 amide bonds. The van der Waals surface area contributed by atoms with Crippen molar-refractivity contribution in [3.8, 4) is 6.07 Å². The topological polar surface area (TPSA) is 35.8 Å². The molecule has 1 N–H and O–H groups in total. The van der Waals surface area contributed by atoms with E-state index in [2.05, 4.69) is 18.3 Å². The maximum atomic E-state index is 12.9. The zero-order valence-corrected chi connectivity index (χ0v) is 12.7. The summed E-state index contributed by atoms with van der Waals surface area (Å²) in [5.74, 6) is 0. The summed E-state index contributed by atoms with van der Waals surface area (Å²) < 4.78 is 38.8. The Morgan fingerprint density at radius 3 is 2.50 bits per heavy atom. The van der Waals surface area contributed by atoms with Gasteiger partial charge in [0.15, 0.2) is 0 Å². The molecular weight excluding hydrogens is 289 g/mol. The molecule has 0 radical (unpaired) electrons. The second-order valence-corrected chi connectivity index (χ2v) is 6.46. The van der Waals surface area contributed by atoms with Crippen molar-refractivity contribution in [3.63, 3.8) is 0 Å². The predicted molar refractivity (Wildman–Crippen MR) is 78.9 cm³/mol. The predicted octanol–water partition coefficient (Wildman–Crippen LogP) is 4.66. The fourth-order valence-electron chi connectivity index (χ4n) is 3.09. The lowest BCUT2D eigenvalue weighted by molar-refractivity contribution is -0.138. The molecule has 1 aromatic rings. The van der Waals surface area contributed by atoms with E-state index in [1.54, 1.807) is 6.07 Å². The van der Waals surface area contributed by atoms with Crippen molar-refractivity contribution in [2.45, 2.75) is 57.8 Å². The van der Waals surface area contributed by atoms with E-state index in [4.69, 9.17) is 5.26 Å². The highest BCUT2D eigenvalue weighted by Gasteiger charge is 2.34. The van der Waals surface area contributed by atoms with Crippen molar-refractivity contribution >= 4 is 0 Å². The van der Waals surface area contributed by atoms with Crippen LogP contribution in [0.1, 0.15) is 50.2 Å². The molecule has 2 nitrogen and oxygen atoms in total. The van der Waals surface area contributed by atoms with E-state index in [9.17, 15) is 13.2 Å². The van der Waals surface area contributed by atoms with Gasteiger partial charge in [0, 0.05) is 19.0 Å². The fourth-order valence-corrected chi connectivity index (χ4v) is 3.09. The van der Waals surface area contributed by atoms with Gasteiger partial charge in [-0.2, -0.15) is 18.4 Å². The Balaban J connectivity index is 1.92. The van der Waals surface area contributed by atoms with E-state index in [-0.39, 0.29) is 18.0 Å². The zero-order chi connectivity index (χ0) is 16.2. The number of alkyl halides is 3. The second kappa shape index (κ2) is 6.70. The number of halogens is 3. The van der Waals surface area contributed by atoms with Gasteiger partial charge in [-0.15, -0.1) is 0 Å². The highest BCUT2D eigenvalue weighted by molar-refractivity contribution is 5.29. The minimum atomic E-state index is -4.31. The lowest BCUT2D eigenvalue weighted by atomic mass is 9.72. The minimum Gasteiger partial charge on any atom is -0.310 e. The van der Waals surface area contributed by atoms with Crippen LogP contribution in [0.4, 0.5) is 13.2 Å². The van der Waals surface area contributed by atoms with Gasteiger partial charge in [-0.3, -0.25) is 0 Å². The summed E-state index contributed by atoms with van der Waals surface area (Å²) in [7, 11) is 0. The van der Waals surface area contributed by atoms with Crippen molar-refractivity contribution in [1.29, 1.82) is 5.26 Å². The number of hydrogen-bond donors (Lipinski definition) is 1. The van der Waals surface area contributed by atoms with E-state index in [0.717, 1.165) is 31.7 Å². The van der Waals surface area contributed by atoms with Crippen LogP contribution >= 0.6 is 0 Å². The smallest absolute Gasteiger partial charge is 0.310 e. The van der Waals surface area contributed by atoms with Crippen molar-refractivity contribution in [3.05, 3.63) is 35.4 Å². The van der Waals surface area contributed by atoms with E-state index in [1.807, 2.05) is 0 Å². The van der Waals surface area contributed by atoms with E-state index >= 15 is 0 Å². The molecule has 0 aromatic heterocycles. The summed E-state index contributed by atoms with van der Waals surface area (Å²) in [5, 5.41) is 12.1. The number of nitrogens with zero attached hydrogens (tertiary/aromatic N) is 1. The number of rotatable bonds is 4. The standard InChI is InChI=1S/C17H21F3N2/c1-16(10-11-21)8-6-14(7-9-16)22-12-13-4-2-3-5-15(13)17(18,19)20/h2-5,14,22H,6-10,12H2,1H3. The van der Waals surface area contributed by atoms with Gasteiger partial charge in [0.1, 0.15) is 0 Å². The van der Waals surface area contributed by atoms with Crippen LogP contribution in [0.25, 0.3) is 0 Å². The van der Waals surface area contributed by atoms with Crippen molar-refractivity contribution in [2.75, 3.05) is 0 Å². The first-order valence-electron chi connectivity index (χ1n) is 7.59. The lowest BCUT2D eigenvalue weighted by Gasteiger charge is -2.36. The average Bonchev–Trinajstić information content (AvgIpc) is 2.46. The Morgan fingerprint density at radius 1 is 1.27 bits per heavy atom. The summed E-state index contributed by atoms with van der Waals surface area (Å²) in [6.45, 7) is 2.35. The molecule has 0 atom stereocenters. The lowest BCUT2D eigenvalue weighted by Crippen LogP contribution is -2.36. The van der Waals surface area contributed by atoms with Gasteiger partial charge in [0.25, 0.3) is 0 Å². The van der Waals surface area contributed by atoms with Crippen LogP contribution in [0.5, 0.6) is 0 Å². The highest BCUT2D eigenvalue weighted by Crippen LogP contribution is 2.38. The number of nitrogens with one attached hydrogen (secondary N) is 1. The summed E-state index contributed by atoms with van der Waals surface area (Å²) in [5.41, 5.74) is -0.204. The first-order chi connectivity index (χ1) is 10.3. The molecule has 1 fully saturated rings. The molecule has 0 unspecified atom stereocenters. The molecule has 0 spiro atoms. The summed E-state index contributed by atoms with van der Waals surface area (Å²) >= 11 is 0. The normalized spacial score (nSPS) is 25.7. The second-order valence-electron chi connectivity index (χ2n) is 6.46. The molecule has 2 rings (SSSR count). The molecule has 0 saturated heterocycles. The zero-order valence-electron chi connectivity index (χ0n) is 12.7. The van der Waals surface area contributed by atoms with Crippen LogP contribution in [-0.4, -0.2) is 6.04 Å². The van der Waals surface area contributed by atoms with Crippen LogP contribution in [0.3, 0.4) is 0 Å². The van der Waals surface area contributed by atoms with Gasteiger partial charge in [-0.05, 0) is 42.7 Å². The van der Waals surface area contributed by atoms with Gasteiger partial charge >= 0.3 is 6.18 Å². The minimum absolute atomic E-state index is 0.0663. The van der Waals surface area contributed by atoms with Crippen LogP contribution in [0.2, 0.25) is 0 Å². The molecule has 22 heavy (non-hydrogen) atoms. The number of benzene rings is 1. The van der Waals surface area contributed by atoms with E-state index in [1.165, 1.54) is 12.1 Å². The third-order valence-corrected chi connectivity index (χ3v) is 4.60. The number of hydrogen-bond acceptors (Lipinski definition) is 2. The third kappa shape index (κ3) is 4.23. The molecule has 1 aromatic carbocycles. The van der Waals surface area contributed by atoms with E-state index in [0.29, 0.717) is 12.0 Å². The summed E-state index contributed by atoms with van der Waals surface area (Å²) in [6, 6.07) is 8.16. The Morgan fingerprint density at radius 2 is 1.91 bits per heavy atom. The first kappa shape index (κ1) is 16.8. The highest BCUT2D eigenvalue weighted by atomic mass is 19.4. The molecule has 0 aliphatic heterocycles. The largest absolute Gasteiger partial charge is 0.416 e.